The molecule has 0 spiro atoms. The lowest BCUT2D eigenvalue weighted by atomic mass is 10.0. The van der Waals surface area contributed by atoms with E-state index in [-0.39, 0.29) is 6.04 Å². The molecule has 2 unspecified atom stereocenters. The van der Waals surface area contributed by atoms with Gasteiger partial charge in [0, 0.05) is 19.1 Å². The minimum atomic E-state index is -0.877. The fourth-order valence-corrected chi connectivity index (χ4v) is 2.41. The zero-order valence-electron chi connectivity index (χ0n) is 11.5. The minimum Gasteiger partial charge on any atom is -0.479 e. The van der Waals surface area contributed by atoms with Crippen molar-refractivity contribution in [2.75, 3.05) is 19.7 Å². The summed E-state index contributed by atoms with van der Waals surface area (Å²) >= 11 is 0. The predicted molar refractivity (Wildman–Crippen MR) is 73.2 cm³/mol. The Morgan fingerprint density at radius 2 is 2.16 bits per heavy atom. The Labute approximate surface area is 114 Å². The van der Waals surface area contributed by atoms with Crippen LogP contribution in [0.4, 0.5) is 0 Å². The molecule has 0 radical (unpaired) electrons. The summed E-state index contributed by atoms with van der Waals surface area (Å²) in [4.78, 5) is 13.2. The summed E-state index contributed by atoms with van der Waals surface area (Å²) in [7, 11) is 0. The molecule has 1 aliphatic heterocycles. The summed E-state index contributed by atoms with van der Waals surface area (Å²) in [6.07, 6.45) is 0.332. The molecule has 104 valence electrons. The van der Waals surface area contributed by atoms with E-state index >= 15 is 0 Å². The summed E-state index contributed by atoms with van der Waals surface area (Å²) in [6, 6.07) is 8.77. The van der Waals surface area contributed by atoms with E-state index in [9.17, 15) is 4.79 Å². The highest BCUT2D eigenvalue weighted by molar-refractivity contribution is 5.72. The monoisotopic (exact) mass is 263 g/mol. The molecule has 1 aliphatic rings. The van der Waals surface area contributed by atoms with Crippen LogP contribution in [0.15, 0.2) is 24.3 Å². The lowest BCUT2D eigenvalue weighted by Crippen LogP contribution is -2.46. The Balaban J connectivity index is 2.05. The molecule has 0 aromatic heterocycles. The molecule has 0 bridgehead atoms. The van der Waals surface area contributed by atoms with Gasteiger partial charge in [0.2, 0.25) is 0 Å². The number of hydrogen-bond acceptors (Lipinski definition) is 3. The maximum atomic E-state index is 11.0. The SMILES string of the molecule is CCc1ccc(C(C)N2CCOC(C(=O)O)C2)cc1. The van der Waals surface area contributed by atoms with E-state index in [0.717, 1.165) is 13.0 Å². The van der Waals surface area contributed by atoms with Gasteiger partial charge in [0.25, 0.3) is 0 Å². The van der Waals surface area contributed by atoms with E-state index in [4.69, 9.17) is 9.84 Å². The van der Waals surface area contributed by atoms with Crippen molar-refractivity contribution >= 4 is 5.97 Å². The first-order valence-corrected chi connectivity index (χ1v) is 6.79. The van der Waals surface area contributed by atoms with Gasteiger partial charge in [-0.15, -0.1) is 0 Å². The number of aliphatic carboxylic acids is 1. The number of benzene rings is 1. The molecule has 1 aromatic carbocycles. The zero-order valence-corrected chi connectivity index (χ0v) is 11.5. The number of nitrogens with zero attached hydrogens (tertiary/aromatic N) is 1. The zero-order chi connectivity index (χ0) is 13.8. The maximum Gasteiger partial charge on any atom is 0.334 e. The largest absolute Gasteiger partial charge is 0.479 e. The molecule has 19 heavy (non-hydrogen) atoms. The number of carboxylic acids is 1. The Bertz CT molecular complexity index is 430. The Morgan fingerprint density at radius 1 is 1.47 bits per heavy atom. The molecule has 1 heterocycles. The number of carbonyl (C=O) groups is 1. The number of hydrogen-bond donors (Lipinski definition) is 1. The summed E-state index contributed by atoms with van der Waals surface area (Å²) in [5.41, 5.74) is 2.55. The van der Waals surface area contributed by atoms with E-state index in [2.05, 4.69) is 43.0 Å². The second-order valence-corrected chi connectivity index (χ2v) is 4.96. The van der Waals surface area contributed by atoms with Gasteiger partial charge < -0.3 is 9.84 Å². The van der Waals surface area contributed by atoms with Crippen LogP contribution < -0.4 is 0 Å². The van der Waals surface area contributed by atoms with Crippen molar-refractivity contribution in [1.82, 2.24) is 4.90 Å². The highest BCUT2D eigenvalue weighted by atomic mass is 16.5. The van der Waals surface area contributed by atoms with Crippen LogP contribution in [-0.4, -0.2) is 41.8 Å². The number of ether oxygens (including phenoxy) is 1. The van der Waals surface area contributed by atoms with E-state index in [1.165, 1.54) is 11.1 Å². The topological polar surface area (TPSA) is 49.8 Å². The number of aryl methyl sites for hydroxylation is 1. The van der Waals surface area contributed by atoms with Crippen molar-refractivity contribution in [2.24, 2.45) is 0 Å². The minimum absolute atomic E-state index is 0.219. The molecule has 4 heteroatoms. The number of carboxylic acid groups (broad SMARTS) is 1. The quantitative estimate of drug-likeness (QED) is 0.903. The smallest absolute Gasteiger partial charge is 0.334 e. The van der Waals surface area contributed by atoms with Gasteiger partial charge in [-0.3, -0.25) is 4.90 Å². The van der Waals surface area contributed by atoms with Crippen molar-refractivity contribution in [2.45, 2.75) is 32.4 Å². The Morgan fingerprint density at radius 3 is 2.74 bits per heavy atom. The van der Waals surface area contributed by atoms with E-state index in [0.29, 0.717) is 13.2 Å². The summed E-state index contributed by atoms with van der Waals surface area (Å²) < 4.78 is 5.25. The van der Waals surface area contributed by atoms with Gasteiger partial charge >= 0.3 is 5.97 Å². The van der Waals surface area contributed by atoms with Crippen molar-refractivity contribution in [3.8, 4) is 0 Å². The second kappa shape index (κ2) is 6.17. The lowest BCUT2D eigenvalue weighted by molar-refractivity contribution is -0.157. The van der Waals surface area contributed by atoms with Gasteiger partial charge in [0.1, 0.15) is 0 Å². The van der Waals surface area contributed by atoms with Crippen LogP contribution in [0.25, 0.3) is 0 Å². The van der Waals surface area contributed by atoms with Crippen LogP contribution in [0, 0.1) is 0 Å². The van der Waals surface area contributed by atoms with Crippen LogP contribution in [0.5, 0.6) is 0 Å². The molecule has 1 fully saturated rings. The van der Waals surface area contributed by atoms with Gasteiger partial charge in [-0.25, -0.2) is 4.79 Å². The molecule has 1 saturated heterocycles. The third-order valence-electron chi connectivity index (χ3n) is 3.79. The molecule has 0 aliphatic carbocycles. The van der Waals surface area contributed by atoms with Crippen molar-refractivity contribution in [3.63, 3.8) is 0 Å². The van der Waals surface area contributed by atoms with Crippen LogP contribution in [0.1, 0.15) is 31.0 Å². The Hall–Kier alpha value is -1.39. The van der Waals surface area contributed by atoms with Crippen molar-refractivity contribution in [1.29, 1.82) is 0 Å². The normalized spacial score (nSPS) is 22.1. The van der Waals surface area contributed by atoms with E-state index in [1.54, 1.807) is 0 Å². The van der Waals surface area contributed by atoms with Crippen molar-refractivity contribution in [3.05, 3.63) is 35.4 Å². The average Bonchev–Trinajstić information content (AvgIpc) is 2.46. The molecular weight excluding hydrogens is 242 g/mol. The van der Waals surface area contributed by atoms with Crippen molar-refractivity contribution < 1.29 is 14.6 Å². The summed E-state index contributed by atoms with van der Waals surface area (Å²) in [5.74, 6) is -0.877. The highest BCUT2D eigenvalue weighted by Gasteiger charge is 2.29. The fourth-order valence-electron chi connectivity index (χ4n) is 2.41. The van der Waals surface area contributed by atoms with Crippen LogP contribution in [0.2, 0.25) is 0 Å². The average molecular weight is 263 g/mol. The second-order valence-electron chi connectivity index (χ2n) is 4.96. The maximum absolute atomic E-state index is 11.0. The molecule has 2 atom stereocenters. The summed E-state index contributed by atoms with van der Waals surface area (Å²) in [5, 5.41) is 9.03. The Kier molecular flexibility index (Phi) is 4.56. The number of rotatable bonds is 4. The molecule has 0 saturated carbocycles. The molecule has 0 amide bonds. The summed E-state index contributed by atoms with van der Waals surface area (Å²) in [6.45, 7) is 5.96. The van der Waals surface area contributed by atoms with Gasteiger partial charge in [-0.2, -0.15) is 0 Å². The van der Waals surface area contributed by atoms with E-state index < -0.39 is 12.1 Å². The van der Waals surface area contributed by atoms with E-state index in [1.807, 2.05) is 0 Å². The first kappa shape index (κ1) is 14.0. The highest BCUT2D eigenvalue weighted by Crippen LogP contribution is 2.23. The third kappa shape index (κ3) is 3.33. The lowest BCUT2D eigenvalue weighted by Gasteiger charge is -2.35. The van der Waals surface area contributed by atoms with Gasteiger partial charge in [-0.05, 0) is 24.5 Å². The standard InChI is InChI=1S/C15H21NO3/c1-3-12-4-6-13(7-5-12)11(2)16-8-9-19-14(10-16)15(17)18/h4-7,11,14H,3,8-10H2,1-2H3,(H,17,18). The van der Waals surface area contributed by atoms with Crippen LogP contribution in [-0.2, 0) is 16.0 Å². The van der Waals surface area contributed by atoms with Gasteiger partial charge in [0.05, 0.1) is 6.61 Å². The van der Waals surface area contributed by atoms with Crippen LogP contribution >= 0.6 is 0 Å². The molecule has 4 nitrogen and oxygen atoms in total. The molecule has 1 aromatic rings. The first-order valence-electron chi connectivity index (χ1n) is 6.79. The van der Waals surface area contributed by atoms with Gasteiger partial charge in [0.15, 0.2) is 6.10 Å². The third-order valence-corrected chi connectivity index (χ3v) is 3.79. The fraction of sp³-hybridized carbons (Fsp3) is 0.533. The van der Waals surface area contributed by atoms with Gasteiger partial charge in [-0.1, -0.05) is 31.2 Å². The first-order chi connectivity index (χ1) is 9.11. The molecule has 1 N–H and O–H groups in total. The van der Waals surface area contributed by atoms with Crippen LogP contribution in [0.3, 0.4) is 0 Å². The predicted octanol–water partition coefficient (Wildman–Crippen LogP) is 2.10. The molecular formula is C15H21NO3. The molecule has 2 rings (SSSR count). The number of morpholine rings is 1.